The Morgan fingerprint density at radius 2 is 1.76 bits per heavy atom. The third kappa shape index (κ3) is 7.79. The van der Waals surface area contributed by atoms with E-state index in [1.807, 2.05) is 54.6 Å². The fraction of sp³-hybridized carbons (Fsp3) is 0.304. The van der Waals surface area contributed by atoms with Crippen LogP contribution in [-0.4, -0.2) is 34.7 Å². The molecule has 2 aromatic rings. The number of carbonyl (C=O) groups excluding carboxylic acids is 1. The van der Waals surface area contributed by atoms with E-state index >= 15 is 0 Å². The highest BCUT2D eigenvalue weighted by Gasteiger charge is 2.21. The van der Waals surface area contributed by atoms with Gasteiger partial charge in [0.05, 0.1) is 18.6 Å². The molecule has 2 rings (SSSR count). The quantitative estimate of drug-likeness (QED) is 0.479. The Bertz CT molecular complexity index is 789. The lowest BCUT2D eigenvalue weighted by atomic mass is 10.0. The monoisotopic (exact) mass is 397 g/mol. The lowest BCUT2D eigenvalue weighted by molar-refractivity contribution is -0.144. The third-order valence-electron chi connectivity index (χ3n) is 4.47. The van der Waals surface area contributed by atoms with Gasteiger partial charge in [-0.25, -0.2) is 0 Å². The van der Waals surface area contributed by atoms with Crippen molar-refractivity contribution >= 4 is 11.9 Å². The minimum Gasteiger partial charge on any atom is -0.489 e. The van der Waals surface area contributed by atoms with Crippen LogP contribution in [0.3, 0.4) is 0 Å². The minimum absolute atomic E-state index is 0.149. The second-order valence-corrected chi connectivity index (χ2v) is 6.83. The van der Waals surface area contributed by atoms with Crippen molar-refractivity contribution in [2.45, 2.75) is 31.9 Å². The van der Waals surface area contributed by atoms with Crippen LogP contribution in [0.5, 0.6) is 5.75 Å². The van der Waals surface area contributed by atoms with Gasteiger partial charge in [-0.15, -0.1) is 6.58 Å². The van der Waals surface area contributed by atoms with Crippen LogP contribution in [0.1, 0.15) is 24.0 Å². The smallest absolute Gasteiger partial charge is 0.307 e. The van der Waals surface area contributed by atoms with Crippen LogP contribution < -0.4 is 10.1 Å². The Morgan fingerprint density at radius 3 is 2.34 bits per heavy atom. The summed E-state index contributed by atoms with van der Waals surface area (Å²) in [5, 5.41) is 21.4. The first-order valence-electron chi connectivity index (χ1n) is 9.51. The number of aliphatic hydroxyl groups excluding tert-OH is 1. The van der Waals surface area contributed by atoms with Gasteiger partial charge >= 0.3 is 5.97 Å². The van der Waals surface area contributed by atoms with E-state index in [2.05, 4.69) is 11.9 Å². The average molecular weight is 397 g/mol. The van der Waals surface area contributed by atoms with Gasteiger partial charge in [-0.2, -0.15) is 0 Å². The standard InChI is InChI=1S/C23H27NO5/c1-2-6-19(23(27)28)14-22(26)24-20(15-25)13-17-9-11-21(12-10-17)29-16-18-7-4-3-5-8-18/h2-5,7-12,19-20,25H,1,6,13-16H2,(H,24,26)(H,27,28). The topological polar surface area (TPSA) is 95.9 Å². The molecule has 2 atom stereocenters. The largest absolute Gasteiger partial charge is 0.489 e. The number of allylic oxidation sites excluding steroid dienone is 1. The van der Waals surface area contributed by atoms with E-state index in [1.165, 1.54) is 6.08 Å². The Labute approximate surface area is 170 Å². The highest BCUT2D eigenvalue weighted by Crippen LogP contribution is 2.16. The predicted molar refractivity (Wildman–Crippen MR) is 110 cm³/mol. The third-order valence-corrected chi connectivity index (χ3v) is 4.47. The number of hydrogen-bond donors (Lipinski definition) is 3. The molecule has 3 N–H and O–H groups in total. The second kappa shape index (κ2) is 11.7. The number of hydrogen-bond acceptors (Lipinski definition) is 4. The van der Waals surface area contributed by atoms with Crippen LogP contribution in [0.2, 0.25) is 0 Å². The summed E-state index contributed by atoms with van der Waals surface area (Å²) in [5.74, 6) is -1.52. The van der Waals surface area contributed by atoms with Crippen molar-refractivity contribution in [2.75, 3.05) is 6.61 Å². The molecule has 6 heteroatoms. The Balaban J connectivity index is 1.85. The first-order chi connectivity index (χ1) is 14.0. The van der Waals surface area contributed by atoms with Gasteiger partial charge in [0, 0.05) is 6.42 Å². The van der Waals surface area contributed by atoms with Crippen molar-refractivity contribution in [2.24, 2.45) is 5.92 Å². The zero-order valence-corrected chi connectivity index (χ0v) is 16.3. The summed E-state index contributed by atoms with van der Waals surface area (Å²) in [4.78, 5) is 23.3. The summed E-state index contributed by atoms with van der Waals surface area (Å²) in [6, 6.07) is 16.8. The summed E-state index contributed by atoms with van der Waals surface area (Å²) in [6.45, 7) is 3.75. The Hall–Kier alpha value is -3.12. The number of aliphatic hydroxyl groups is 1. The van der Waals surface area contributed by atoms with Crippen LogP contribution in [0.15, 0.2) is 67.3 Å². The van der Waals surface area contributed by atoms with Gasteiger partial charge < -0.3 is 20.3 Å². The van der Waals surface area contributed by atoms with Crippen LogP contribution in [-0.2, 0) is 22.6 Å². The molecule has 0 aliphatic rings. The molecule has 0 saturated carbocycles. The molecule has 0 radical (unpaired) electrons. The van der Waals surface area contributed by atoms with Crippen LogP contribution in [0.25, 0.3) is 0 Å². The highest BCUT2D eigenvalue weighted by atomic mass is 16.5. The number of amides is 1. The predicted octanol–water partition coefficient (Wildman–Crippen LogP) is 2.95. The SMILES string of the molecule is C=CCC(CC(=O)NC(CO)Cc1ccc(OCc2ccccc2)cc1)C(=O)O. The molecule has 1 amide bonds. The van der Waals surface area contributed by atoms with Gasteiger partial charge in [0.15, 0.2) is 0 Å². The number of ether oxygens (including phenoxy) is 1. The average Bonchev–Trinajstić information content (AvgIpc) is 2.73. The summed E-state index contributed by atoms with van der Waals surface area (Å²) < 4.78 is 5.75. The number of aliphatic carboxylic acids is 1. The lowest BCUT2D eigenvalue weighted by Crippen LogP contribution is -2.40. The molecule has 0 aromatic heterocycles. The molecule has 0 bridgehead atoms. The summed E-state index contributed by atoms with van der Waals surface area (Å²) in [5.41, 5.74) is 2.01. The van der Waals surface area contributed by atoms with Crippen molar-refractivity contribution in [3.05, 3.63) is 78.4 Å². The van der Waals surface area contributed by atoms with Crippen molar-refractivity contribution in [3.8, 4) is 5.75 Å². The minimum atomic E-state index is -1.04. The number of benzene rings is 2. The molecule has 0 spiro atoms. The summed E-state index contributed by atoms with van der Waals surface area (Å²) >= 11 is 0. The maximum absolute atomic E-state index is 12.1. The zero-order chi connectivity index (χ0) is 21.1. The maximum Gasteiger partial charge on any atom is 0.307 e. The van der Waals surface area contributed by atoms with E-state index in [9.17, 15) is 14.7 Å². The van der Waals surface area contributed by atoms with Gasteiger partial charge in [0.2, 0.25) is 5.91 Å². The molecule has 0 aliphatic carbocycles. The van der Waals surface area contributed by atoms with Crippen molar-refractivity contribution < 1.29 is 24.5 Å². The van der Waals surface area contributed by atoms with Crippen LogP contribution >= 0.6 is 0 Å². The summed E-state index contributed by atoms with van der Waals surface area (Å²) in [7, 11) is 0. The molecule has 6 nitrogen and oxygen atoms in total. The van der Waals surface area contributed by atoms with Crippen molar-refractivity contribution in [1.29, 1.82) is 0 Å². The molecule has 154 valence electrons. The van der Waals surface area contributed by atoms with E-state index < -0.39 is 23.8 Å². The van der Waals surface area contributed by atoms with E-state index in [0.717, 1.165) is 16.9 Å². The Kier molecular flexibility index (Phi) is 8.92. The van der Waals surface area contributed by atoms with Gasteiger partial charge in [-0.3, -0.25) is 9.59 Å². The van der Waals surface area contributed by atoms with Crippen LogP contribution in [0.4, 0.5) is 0 Å². The number of nitrogens with one attached hydrogen (secondary N) is 1. The molecular formula is C23H27NO5. The van der Waals surface area contributed by atoms with Gasteiger partial charge in [0.1, 0.15) is 12.4 Å². The molecule has 0 fully saturated rings. The van der Waals surface area contributed by atoms with E-state index in [4.69, 9.17) is 9.84 Å². The van der Waals surface area contributed by atoms with Gasteiger partial charge in [0.25, 0.3) is 0 Å². The fourth-order valence-electron chi connectivity index (χ4n) is 2.89. The summed E-state index contributed by atoms with van der Waals surface area (Å²) in [6.07, 6.45) is 1.98. The number of carboxylic acids is 1. The Morgan fingerprint density at radius 1 is 1.07 bits per heavy atom. The molecule has 0 saturated heterocycles. The van der Waals surface area contributed by atoms with Crippen LogP contribution in [0, 0.1) is 5.92 Å². The van der Waals surface area contributed by atoms with Crippen molar-refractivity contribution in [1.82, 2.24) is 5.32 Å². The zero-order valence-electron chi connectivity index (χ0n) is 16.3. The van der Waals surface area contributed by atoms with Gasteiger partial charge in [-0.1, -0.05) is 48.5 Å². The number of rotatable bonds is 12. The molecule has 0 heterocycles. The fourth-order valence-corrected chi connectivity index (χ4v) is 2.89. The highest BCUT2D eigenvalue weighted by molar-refractivity contribution is 5.82. The van der Waals surface area contributed by atoms with Crippen molar-refractivity contribution in [3.63, 3.8) is 0 Å². The first-order valence-corrected chi connectivity index (χ1v) is 9.51. The lowest BCUT2D eigenvalue weighted by Gasteiger charge is -2.18. The molecular weight excluding hydrogens is 370 g/mol. The van der Waals surface area contributed by atoms with E-state index in [-0.39, 0.29) is 19.4 Å². The number of carbonyl (C=O) groups is 2. The normalized spacial score (nSPS) is 12.6. The molecule has 2 aromatic carbocycles. The maximum atomic E-state index is 12.1. The second-order valence-electron chi connectivity index (χ2n) is 6.83. The number of carboxylic acid groups (broad SMARTS) is 1. The van der Waals surface area contributed by atoms with Gasteiger partial charge in [-0.05, 0) is 36.1 Å². The molecule has 29 heavy (non-hydrogen) atoms. The molecule has 2 unspecified atom stereocenters. The van der Waals surface area contributed by atoms with E-state index in [0.29, 0.717) is 13.0 Å². The van der Waals surface area contributed by atoms with E-state index in [1.54, 1.807) is 0 Å². The first kappa shape index (κ1) is 22.2. The molecule has 0 aliphatic heterocycles.